The molecule has 2 aromatic rings. The highest BCUT2D eigenvalue weighted by atomic mass is 16.5. The van der Waals surface area contributed by atoms with Crippen LogP contribution in [0.25, 0.3) is 0 Å². The van der Waals surface area contributed by atoms with E-state index in [-0.39, 0.29) is 23.3 Å². The normalized spacial score (nSPS) is 24.2. The molecule has 0 radical (unpaired) electrons. The Balaban J connectivity index is 1.69. The topological polar surface area (TPSA) is 64.3 Å². The molecule has 1 saturated carbocycles. The molecule has 3 N–H and O–H groups in total. The molecule has 0 aromatic heterocycles. The summed E-state index contributed by atoms with van der Waals surface area (Å²) in [5.74, 6) is 0.115. The van der Waals surface area contributed by atoms with Gasteiger partial charge >= 0.3 is 0 Å². The number of nitrogens with two attached hydrogens (primary N) is 1. The third-order valence-corrected chi connectivity index (χ3v) is 6.34. The number of benzene rings is 2. The molecule has 3 rings (SSSR count). The van der Waals surface area contributed by atoms with Gasteiger partial charge in [-0.05, 0) is 24.5 Å². The third-order valence-electron chi connectivity index (χ3n) is 6.34. The van der Waals surface area contributed by atoms with Gasteiger partial charge in [-0.15, -0.1) is 0 Å². The molecule has 2 aromatic carbocycles. The first-order valence-electron chi connectivity index (χ1n) is 10.2. The molecular weight excluding hydrogens is 348 g/mol. The van der Waals surface area contributed by atoms with Crippen molar-refractivity contribution in [3.63, 3.8) is 0 Å². The second-order valence-electron chi connectivity index (χ2n) is 8.35. The summed E-state index contributed by atoms with van der Waals surface area (Å²) in [5, 5.41) is 3.14. The van der Waals surface area contributed by atoms with Gasteiger partial charge in [-0.3, -0.25) is 4.79 Å². The van der Waals surface area contributed by atoms with Crippen molar-refractivity contribution >= 4 is 5.91 Å². The molecule has 28 heavy (non-hydrogen) atoms. The monoisotopic (exact) mass is 380 g/mol. The number of rotatable bonds is 8. The quantitative estimate of drug-likeness (QED) is 0.734. The zero-order chi connectivity index (χ0) is 20.2. The van der Waals surface area contributed by atoms with Crippen LogP contribution in [-0.2, 0) is 16.0 Å². The number of carbonyl (C=O) groups excluding carboxylic acids is 1. The van der Waals surface area contributed by atoms with Gasteiger partial charge in [0.2, 0.25) is 5.91 Å². The average Bonchev–Trinajstić information content (AvgIpc) is 2.72. The van der Waals surface area contributed by atoms with Crippen LogP contribution >= 0.6 is 0 Å². The molecule has 0 heterocycles. The van der Waals surface area contributed by atoms with E-state index >= 15 is 0 Å². The number of nitrogens with one attached hydrogen (secondary N) is 1. The molecule has 1 fully saturated rings. The van der Waals surface area contributed by atoms with Gasteiger partial charge in [-0.2, -0.15) is 0 Å². The summed E-state index contributed by atoms with van der Waals surface area (Å²) >= 11 is 0. The molecule has 3 unspecified atom stereocenters. The fourth-order valence-electron chi connectivity index (χ4n) is 4.13. The van der Waals surface area contributed by atoms with Crippen molar-refractivity contribution in [2.24, 2.45) is 11.1 Å². The average molecular weight is 381 g/mol. The Morgan fingerprint density at radius 1 is 1.14 bits per heavy atom. The molecule has 1 amide bonds. The Labute approximate surface area is 168 Å². The van der Waals surface area contributed by atoms with Crippen molar-refractivity contribution in [1.29, 1.82) is 0 Å². The van der Waals surface area contributed by atoms with Crippen molar-refractivity contribution in [3.8, 4) is 0 Å². The van der Waals surface area contributed by atoms with Crippen LogP contribution in [0.1, 0.15) is 44.2 Å². The molecule has 0 aliphatic heterocycles. The van der Waals surface area contributed by atoms with E-state index in [9.17, 15) is 4.79 Å². The number of ether oxygens (including phenoxy) is 1. The largest absolute Gasteiger partial charge is 0.378 e. The smallest absolute Gasteiger partial charge is 0.240 e. The van der Waals surface area contributed by atoms with Crippen LogP contribution in [0.4, 0.5) is 0 Å². The van der Waals surface area contributed by atoms with E-state index in [2.05, 4.69) is 41.7 Å². The van der Waals surface area contributed by atoms with E-state index in [0.29, 0.717) is 19.6 Å². The molecular formula is C24H32N2O2. The SMILES string of the molecule is CCOC1CC(N)(C(=O)NCC(Cc2ccccc2)c2ccccc2)C1(C)C. The van der Waals surface area contributed by atoms with Crippen molar-refractivity contribution < 1.29 is 9.53 Å². The summed E-state index contributed by atoms with van der Waals surface area (Å²) in [6, 6.07) is 20.7. The van der Waals surface area contributed by atoms with Crippen molar-refractivity contribution in [3.05, 3.63) is 71.8 Å². The molecule has 3 atom stereocenters. The van der Waals surface area contributed by atoms with E-state index in [1.54, 1.807) is 0 Å². The minimum Gasteiger partial charge on any atom is -0.378 e. The highest BCUT2D eigenvalue weighted by molar-refractivity contribution is 5.88. The van der Waals surface area contributed by atoms with Gasteiger partial charge in [0.15, 0.2) is 0 Å². The Morgan fingerprint density at radius 3 is 2.32 bits per heavy atom. The number of hydrogen-bond donors (Lipinski definition) is 2. The summed E-state index contributed by atoms with van der Waals surface area (Å²) in [4.78, 5) is 13.0. The molecule has 1 aliphatic carbocycles. The Kier molecular flexibility index (Phi) is 6.21. The van der Waals surface area contributed by atoms with Crippen molar-refractivity contribution in [1.82, 2.24) is 5.32 Å². The van der Waals surface area contributed by atoms with Crippen LogP contribution in [-0.4, -0.2) is 30.7 Å². The van der Waals surface area contributed by atoms with E-state index in [1.807, 2.05) is 45.0 Å². The highest BCUT2D eigenvalue weighted by Gasteiger charge is 2.62. The molecule has 0 bridgehead atoms. The van der Waals surface area contributed by atoms with Crippen LogP contribution < -0.4 is 11.1 Å². The van der Waals surface area contributed by atoms with Gasteiger partial charge in [-0.1, -0.05) is 74.5 Å². The van der Waals surface area contributed by atoms with E-state index in [1.165, 1.54) is 11.1 Å². The van der Waals surface area contributed by atoms with Gasteiger partial charge < -0.3 is 15.8 Å². The van der Waals surface area contributed by atoms with Crippen LogP contribution in [0.5, 0.6) is 0 Å². The minimum atomic E-state index is -0.888. The highest BCUT2D eigenvalue weighted by Crippen LogP contribution is 2.49. The first kappa shape index (κ1) is 20.6. The summed E-state index contributed by atoms with van der Waals surface area (Å²) < 4.78 is 5.75. The van der Waals surface area contributed by atoms with E-state index in [0.717, 1.165) is 6.42 Å². The number of carbonyl (C=O) groups is 1. The summed E-state index contributed by atoms with van der Waals surface area (Å²) in [6.07, 6.45) is 1.46. The van der Waals surface area contributed by atoms with Gasteiger partial charge in [0.25, 0.3) is 0 Å². The van der Waals surface area contributed by atoms with Gasteiger partial charge in [0.05, 0.1) is 6.10 Å². The lowest BCUT2D eigenvalue weighted by Gasteiger charge is -2.57. The Hall–Kier alpha value is -2.17. The molecule has 4 heteroatoms. The first-order chi connectivity index (χ1) is 13.4. The Morgan fingerprint density at radius 2 is 1.75 bits per heavy atom. The summed E-state index contributed by atoms with van der Waals surface area (Å²) in [7, 11) is 0. The third kappa shape index (κ3) is 3.98. The molecule has 0 spiro atoms. The van der Waals surface area contributed by atoms with Crippen LogP contribution in [0.3, 0.4) is 0 Å². The molecule has 150 valence electrons. The Bertz CT molecular complexity index is 776. The summed E-state index contributed by atoms with van der Waals surface area (Å²) in [5.41, 5.74) is 7.74. The van der Waals surface area contributed by atoms with Gasteiger partial charge in [0, 0.05) is 30.9 Å². The van der Waals surface area contributed by atoms with Crippen molar-refractivity contribution in [2.45, 2.75) is 51.2 Å². The maximum atomic E-state index is 13.0. The van der Waals surface area contributed by atoms with E-state index in [4.69, 9.17) is 10.5 Å². The summed E-state index contributed by atoms with van der Waals surface area (Å²) in [6.45, 7) is 7.22. The van der Waals surface area contributed by atoms with E-state index < -0.39 is 5.54 Å². The maximum absolute atomic E-state index is 13.0. The standard InChI is InChI=1S/C24H32N2O2/c1-4-28-21-16-24(25,23(21,2)3)22(27)26-17-20(19-13-9-6-10-14-19)15-18-11-7-5-8-12-18/h5-14,20-21H,4,15-17,25H2,1-3H3,(H,26,27). The number of hydrogen-bond acceptors (Lipinski definition) is 3. The fourth-order valence-corrected chi connectivity index (χ4v) is 4.13. The second kappa shape index (κ2) is 8.46. The number of amides is 1. The fraction of sp³-hybridized carbons (Fsp3) is 0.458. The minimum absolute atomic E-state index is 0.0301. The van der Waals surface area contributed by atoms with Crippen LogP contribution in [0.15, 0.2) is 60.7 Å². The second-order valence-corrected chi connectivity index (χ2v) is 8.35. The lowest BCUT2D eigenvalue weighted by Crippen LogP contribution is -2.75. The predicted octanol–water partition coefficient (Wildman–Crippen LogP) is 3.66. The van der Waals surface area contributed by atoms with Gasteiger partial charge in [0.1, 0.15) is 5.54 Å². The zero-order valence-electron chi connectivity index (χ0n) is 17.2. The maximum Gasteiger partial charge on any atom is 0.240 e. The van der Waals surface area contributed by atoms with Gasteiger partial charge in [-0.25, -0.2) is 0 Å². The first-order valence-corrected chi connectivity index (χ1v) is 10.2. The van der Waals surface area contributed by atoms with Crippen molar-refractivity contribution in [2.75, 3.05) is 13.2 Å². The zero-order valence-corrected chi connectivity index (χ0v) is 17.2. The lowest BCUT2D eigenvalue weighted by atomic mass is 9.54. The van der Waals surface area contributed by atoms with Crippen LogP contribution in [0, 0.1) is 5.41 Å². The van der Waals surface area contributed by atoms with Crippen LogP contribution in [0.2, 0.25) is 0 Å². The molecule has 1 aliphatic rings. The molecule has 4 nitrogen and oxygen atoms in total. The lowest BCUT2D eigenvalue weighted by molar-refractivity contribution is -0.170. The predicted molar refractivity (Wildman–Crippen MR) is 113 cm³/mol. The molecule has 0 saturated heterocycles.